The lowest BCUT2D eigenvalue weighted by Gasteiger charge is -2.11. The van der Waals surface area contributed by atoms with Crippen LogP contribution in [-0.4, -0.2) is 20.7 Å². The van der Waals surface area contributed by atoms with Crippen LogP contribution in [0, 0.1) is 0 Å². The van der Waals surface area contributed by atoms with Gasteiger partial charge < -0.3 is 10.3 Å². The number of thiophene rings is 1. The molecule has 5 nitrogen and oxygen atoms in total. The van der Waals surface area contributed by atoms with Gasteiger partial charge in [0.15, 0.2) is 0 Å². The zero-order valence-electron chi connectivity index (χ0n) is 11.2. The Balaban J connectivity index is 2.27. The van der Waals surface area contributed by atoms with E-state index in [0.29, 0.717) is 13.0 Å². The Hall–Kier alpha value is -1.92. The Morgan fingerprint density at radius 1 is 1.40 bits per heavy atom. The maximum atomic E-state index is 12.2. The standard InChI is InChI=1S/C14H16N4OS/c1-2-17-10(5-6-15)8-14(19)18-13(17)9-11(16-18)12-4-3-7-20-12/h3-4,7-9H,2,5-6,15H2,1H3. The molecule has 0 aliphatic heterocycles. The summed E-state index contributed by atoms with van der Waals surface area (Å²) in [6.45, 7) is 3.37. The Labute approximate surface area is 120 Å². The van der Waals surface area contributed by atoms with Crippen molar-refractivity contribution in [1.82, 2.24) is 14.2 Å². The fraction of sp³-hybridized carbons (Fsp3) is 0.286. The second kappa shape index (κ2) is 5.22. The summed E-state index contributed by atoms with van der Waals surface area (Å²) in [6, 6.07) is 7.59. The second-order valence-electron chi connectivity index (χ2n) is 4.53. The van der Waals surface area contributed by atoms with Crippen LogP contribution in [0.4, 0.5) is 0 Å². The highest BCUT2D eigenvalue weighted by Gasteiger charge is 2.12. The van der Waals surface area contributed by atoms with Crippen molar-refractivity contribution < 1.29 is 0 Å². The highest BCUT2D eigenvalue weighted by Crippen LogP contribution is 2.24. The Morgan fingerprint density at radius 3 is 2.90 bits per heavy atom. The van der Waals surface area contributed by atoms with Crippen LogP contribution in [0.5, 0.6) is 0 Å². The van der Waals surface area contributed by atoms with Gasteiger partial charge in [0.2, 0.25) is 0 Å². The van der Waals surface area contributed by atoms with Crippen LogP contribution in [0.3, 0.4) is 0 Å². The van der Waals surface area contributed by atoms with Crippen molar-refractivity contribution in [1.29, 1.82) is 0 Å². The summed E-state index contributed by atoms with van der Waals surface area (Å²) in [5.74, 6) is 0. The van der Waals surface area contributed by atoms with E-state index < -0.39 is 0 Å². The van der Waals surface area contributed by atoms with Crippen molar-refractivity contribution in [2.45, 2.75) is 19.9 Å². The fourth-order valence-corrected chi connectivity index (χ4v) is 3.10. The molecule has 0 spiro atoms. The maximum Gasteiger partial charge on any atom is 0.274 e. The van der Waals surface area contributed by atoms with E-state index in [9.17, 15) is 4.79 Å². The zero-order chi connectivity index (χ0) is 14.1. The molecule has 0 saturated heterocycles. The van der Waals surface area contributed by atoms with E-state index in [-0.39, 0.29) is 5.56 Å². The SMILES string of the molecule is CCn1c(CCN)cc(=O)n2nc(-c3cccs3)cc12. The minimum absolute atomic E-state index is 0.101. The largest absolute Gasteiger partial charge is 0.330 e. The van der Waals surface area contributed by atoms with Gasteiger partial charge in [-0.2, -0.15) is 9.61 Å². The van der Waals surface area contributed by atoms with Gasteiger partial charge in [0, 0.05) is 30.8 Å². The van der Waals surface area contributed by atoms with Crippen molar-refractivity contribution in [3.63, 3.8) is 0 Å². The van der Waals surface area contributed by atoms with Gasteiger partial charge in [-0.15, -0.1) is 11.3 Å². The average molecular weight is 288 g/mol. The lowest BCUT2D eigenvalue weighted by Crippen LogP contribution is -2.22. The summed E-state index contributed by atoms with van der Waals surface area (Å²) < 4.78 is 3.57. The van der Waals surface area contributed by atoms with E-state index >= 15 is 0 Å². The summed E-state index contributed by atoms with van der Waals surface area (Å²) in [7, 11) is 0. The van der Waals surface area contributed by atoms with Crippen molar-refractivity contribution in [2.75, 3.05) is 6.54 Å². The molecule has 0 unspecified atom stereocenters. The first kappa shape index (κ1) is 13.1. The predicted molar refractivity (Wildman–Crippen MR) is 81.2 cm³/mol. The van der Waals surface area contributed by atoms with Gasteiger partial charge in [-0.25, -0.2) is 0 Å². The number of rotatable bonds is 4. The van der Waals surface area contributed by atoms with Gasteiger partial charge in [-0.05, 0) is 24.9 Å². The molecule has 0 atom stereocenters. The molecule has 2 N–H and O–H groups in total. The molecule has 3 aromatic heterocycles. The molecule has 3 rings (SSSR count). The number of fused-ring (bicyclic) bond motifs is 1. The molecule has 0 radical (unpaired) electrons. The summed E-state index contributed by atoms with van der Waals surface area (Å²) in [5.41, 5.74) is 8.15. The molecule has 0 amide bonds. The van der Waals surface area contributed by atoms with E-state index in [2.05, 4.69) is 16.6 Å². The van der Waals surface area contributed by atoms with Crippen molar-refractivity contribution in [2.24, 2.45) is 5.73 Å². The van der Waals surface area contributed by atoms with Crippen molar-refractivity contribution in [3.8, 4) is 10.6 Å². The molecule has 104 valence electrons. The number of hydrogen-bond donors (Lipinski definition) is 1. The number of nitrogens with two attached hydrogens (primary N) is 1. The molecule has 3 aromatic rings. The molecule has 20 heavy (non-hydrogen) atoms. The maximum absolute atomic E-state index is 12.2. The second-order valence-corrected chi connectivity index (χ2v) is 5.48. The number of hydrogen-bond acceptors (Lipinski definition) is 4. The van der Waals surface area contributed by atoms with Crippen molar-refractivity contribution in [3.05, 3.63) is 45.7 Å². The fourth-order valence-electron chi connectivity index (χ4n) is 2.42. The average Bonchev–Trinajstić information content (AvgIpc) is 3.08. The van der Waals surface area contributed by atoms with Gasteiger partial charge in [0.25, 0.3) is 5.56 Å². The highest BCUT2D eigenvalue weighted by atomic mass is 32.1. The minimum Gasteiger partial charge on any atom is -0.330 e. The Morgan fingerprint density at radius 2 is 2.25 bits per heavy atom. The summed E-state index contributed by atoms with van der Waals surface area (Å²) in [6.07, 6.45) is 0.694. The summed E-state index contributed by atoms with van der Waals surface area (Å²) in [5, 5.41) is 6.43. The molecule has 0 fully saturated rings. The van der Waals surface area contributed by atoms with Crippen LogP contribution < -0.4 is 11.3 Å². The van der Waals surface area contributed by atoms with Gasteiger partial charge >= 0.3 is 0 Å². The molecule has 3 heterocycles. The first-order valence-electron chi connectivity index (χ1n) is 6.61. The molecule has 6 heteroatoms. The topological polar surface area (TPSA) is 65.3 Å². The normalized spacial score (nSPS) is 11.3. The van der Waals surface area contributed by atoms with E-state index in [0.717, 1.165) is 28.5 Å². The van der Waals surface area contributed by atoms with Gasteiger partial charge in [0.05, 0.1) is 4.88 Å². The molecular formula is C14H16N4OS. The first-order valence-corrected chi connectivity index (χ1v) is 7.49. The Kier molecular flexibility index (Phi) is 3.42. The van der Waals surface area contributed by atoms with Crippen LogP contribution >= 0.6 is 11.3 Å². The minimum atomic E-state index is -0.101. The van der Waals surface area contributed by atoms with E-state index in [1.54, 1.807) is 17.4 Å². The third-order valence-electron chi connectivity index (χ3n) is 3.30. The van der Waals surface area contributed by atoms with Crippen LogP contribution in [0.15, 0.2) is 34.4 Å². The molecular weight excluding hydrogens is 272 g/mol. The van der Waals surface area contributed by atoms with Crippen LogP contribution in [-0.2, 0) is 13.0 Å². The number of aryl methyl sites for hydroxylation is 1. The van der Waals surface area contributed by atoms with E-state index in [4.69, 9.17) is 5.73 Å². The smallest absolute Gasteiger partial charge is 0.274 e. The van der Waals surface area contributed by atoms with Crippen molar-refractivity contribution >= 4 is 17.0 Å². The first-order chi connectivity index (χ1) is 9.74. The Bertz CT molecular complexity index is 785. The molecule has 0 aliphatic carbocycles. The van der Waals surface area contributed by atoms with Gasteiger partial charge in [0.1, 0.15) is 11.3 Å². The van der Waals surface area contributed by atoms with E-state index in [1.165, 1.54) is 4.52 Å². The molecule has 0 saturated carbocycles. The van der Waals surface area contributed by atoms with E-state index in [1.807, 2.05) is 23.6 Å². The van der Waals surface area contributed by atoms with Crippen LogP contribution in [0.2, 0.25) is 0 Å². The van der Waals surface area contributed by atoms with Crippen LogP contribution in [0.25, 0.3) is 16.2 Å². The third kappa shape index (κ3) is 2.07. The molecule has 0 aliphatic rings. The van der Waals surface area contributed by atoms with Crippen LogP contribution in [0.1, 0.15) is 12.6 Å². The van der Waals surface area contributed by atoms with Gasteiger partial charge in [-0.1, -0.05) is 6.07 Å². The summed E-state index contributed by atoms with van der Waals surface area (Å²) in [4.78, 5) is 13.2. The lowest BCUT2D eigenvalue weighted by molar-refractivity contribution is 0.685. The number of aromatic nitrogens is 3. The monoisotopic (exact) mass is 288 g/mol. The predicted octanol–water partition coefficient (Wildman–Crippen LogP) is 1.75. The summed E-state index contributed by atoms with van der Waals surface area (Å²) >= 11 is 1.62. The quantitative estimate of drug-likeness (QED) is 0.795. The molecule has 0 aromatic carbocycles. The van der Waals surface area contributed by atoms with Gasteiger partial charge in [-0.3, -0.25) is 4.79 Å². The third-order valence-corrected chi connectivity index (χ3v) is 4.20. The number of nitrogens with zero attached hydrogens (tertiary/aromatic N) is 3. The lowest BCUT2D eigenvalue weighted by atomic mass is 10.2. The zero-order valence-corrected chi connectivity index (χ0v) is 12.1. The highest BCUT2D eigenvalue weighted by molar-refractivity contribution is 7.13. The molecule has 0 bridgehead atoms.